The molecule has 0 aromatic heterocycles. The van der Waals surface area contributed by atoms with Gasteiger partial charge in [0.1, 0.15) is 0 Å². The Balaban J connectivity index is 1.68. The number of likely N-dealkylation sites (N-methyl/N-ethyl adjacent to an activating group) is 1. The lowest BCUT2D eigenvalue weighted by Crippen LogP contribution is -2.47. The average molecular weight is 312 g/mol. The Bertz CT molecular complexity index is 351. The van der Waals surface area contributed by atoms with Gasteiger partial charge in [0.2, 0.25) is 0 Å². The number of nitrogens with zero attached hydrogens (tertiary/aromatic N) is 2. The molecule has 2 N–H and O–H groups in total. The molecule has 22 heavy (non-hydrogen) atoms. The molecule has 2 aliphatic heterocycles. The zero-order chi connectivity index (χ0) is 15.8. The molecule has 2 fully saturated rings. The molecule has 0 amide bonds. The van der Waals surface area contributed by atoms with Crippen LogP contribution in [0.1, 0.15) is 32.6 Å². The molecule has 6 heteroatoms. The molecule has 0 aromatic rings. The number of guanidine groups is 1. The van der Waals surface area contributed by atoms with Crippen LogP contribution in [-0.4, -0.2) is 76.1 Å². The zero-order valence-electron chi connectivity index (χ0n) is 14.3. The average Bonchev–Trinajstić information content (AvgIpc) is 3.12. The van der Waals surface area contributed by atoms with Crippen LogP contribution in [0.25, 0.3) is 0 Å². The van der Waals surface area contributed by atoms with Crippen molar-refractivity contribution < 1.29 is 9.47 Å². The summed E-state index contributed by atoms with van der Waals surface area (Å²) in [7, 11) is 3.87. The lowest BCUT2D eigenvalue weighted by molar-refractivity contribution is 0.0992. The number of hydrogen-bond donors (Lipinski definition) is 2. The van der Waals surface area contributed by atoms with Crippen LogP contribution in [0.4, 0.5) is 0 Å². The summed E-state index contributed by atoms with van der Waals surface area (Å²) in [5.41, 5.74) is 0. The molecule has 2 saturated heterocycles. The maximum Gasteiger partial charge on any atom is 0.191 e. The molecule has 0 aliphatic carbocycles. The van der Waals surface area contributed by atoms with Crippen molar-refractivity contribution in [2.45, 2.75) is 50.9 Å². The first-order valence-electron chi connectivity index (χ1n) is 8.60. The molecule has 0 aromatic carbocycles. The monoisotopic (exact) mass is 312 g/mol. The van der Waals surface area contributed by atoms with Gasteiger partial charge in [-0.25, -0.2) is 0 Å². The summed E-state index contributed by atoms with van der Waals surface area (Å²) < 4.78 is 11.0. The van der Waals surface area contributed by atoms with Crippen molar-refractivity contribution >= 4 is 5.96 Å². The molecular formula is C16H32N4O2. The summed E-state index contributed by atoms with van der Waals surface area (Å²) >= 11 is 0. The van der Waals surface area contributed by atoms with E-state index in [1.165, 1.54) is 12.8 Å². The summed E-state index contributed by atoms with van der Waals surface area (Å²) in [5, 5.41) is 6.89. The summed E-state index contributed by atoms with van der Waals surface area (Å²) in [6.07, 6.45) is 5.45. The Kier molecular flexibility index (Phi) is 7.42. The first kappa shape index (κ1) is 17.5. The van der Waals surface area contributed by atoms with Gasteiger partial charge >= 0.3 is 0 Å². The van der Waals surface area contributed by atoms with E-state index in [2.05, 4.69) is 29.5 Å². The smallest absolute Gasteiger partial charge is 0.191 e. The van der Waals surface area contributed by atoms with Crippen molar-refractivity contribution in [2.24, 2.45) is 4.99 Å². The third kappa shape index (κ3) is 5.41. The van der Waals surface area contributed by atoms with E-state index in [1.54, 1.807) is 7.11 Å². The second-order valence-electron chi connectivity index (χ2n) is 6.27. The highest BCUT2D eigenvalue weighted by atomic mass is 16.5. The normalized spacial score (nSPS) is 27.6. The van der Waals surface area contributed by atoms with Gasteiger partial charge in [0.05, 0.1) is 24.9 Å². The van der Waals surface area contributed by atoms with Gasteiger partial charge in [0, 0.05) is 26.7 Å². The van der Waals surface area contributed by atoms with Gasteiger partial charge in [-0.05, 0) is 46.2 Å². The standard InChI is InChI=1S/C16H32N4O2/c1-4-17-16(18-8-5-9-20(2)10-11-21-3)19-14-12-13-6-7-15(14)22-13/h13-15H,4-12H2,1-3H3,(H2,17,18,19). The van der Waals surface area contributed by atoms with Gasteiger partial charge in [-0.15, -0.1) is 0 Å². The highest BCUT2D eigenvalue weighted by Crippen LogP contribution is 2.34. The highest BCUT2D eigenvalue weighted by molar-refractivity contribution is 5.80. The van der Waals surface area contributed by atoms with E-state index < -0.39 is 0 Å². The predicted molar refractivity (Wildman–Crippen MR) is 89.4 cm³/mol. The summed E-state index contributed by atoms with van der Waals surface area (Å²) in [5.74, 6) is 0.934. The van der Waals surface area contributed by atoms with E-state index in [4.69, 9.17) is 14.5 Å². The van der Waals surface area contributed by atoms with Gasteiger partial charge in [0.25, 0.3) is 0 Å². The minimum absolute atomic E-state index is 0.383. The van der Waals surface area contributed by atoms with E-state index in [9.17, 15) is 0 Å². The fraction of sp³-hybridized carbons (Fsp3) is 0.938. The Hall–Kier alpha value is -0.850. The minimum atomic E-state index is 0.383. The van der Waals surface area contributed by atoms with Crippen LogP contribution in [0, 0.1) is 0 Å². The van der Waals surface area contributed by atoms with Crippen molar-refractivity contribution in [3.63, 3.8) is 0 Å². The minimum Gasteiger partial charge on any atom is -0.383 e. The van der Waals surface area contributed by atoms with Gasteiger partial charge in [0.15, 0.2) is 5.96 Å². The molecule has 3 unspecified atom stereocenters. The molecule has 0 spiro atoms. The van der Waals surface area contributed by atoms with Crippen molar-refractivity contribution in [1.29, 1.82) is 0 Å². The first-order valence-corrected chi connectivity index (χ1v) is 8.60. The van der Waals surface area contributed by atoms with Crippen LogP contribution < -0.4 is 10.6 Å². The zero-order valence-corrected chi connectivity index (χ0v) is 14.3. The van der Waals surface area contributed by atoms with Gasteiger partial charge in [-0.1, -0.05) is 0 Å². The van der Waals surface area contributed by atoms with Crippen LogP contribution >= 0.6 is 0 Å². The Morgan fingerprint density at radius 1 is 1.36 bits per heavy atom. The quantitative estimate of drug-likeness (QED) is 0.375. The number of hydrogen-bond acceptors (Lipinski definition) is 4. The third-order valence-corrected chi connectivity index (χ3v) is 4.42. The Morgan fingerprint density at radius 2 is 2.23 bits per heavy atom. The van der Waals surface area contributed by atoms with Crippen LogP contribution in [0.2, 0.25) is 0 Å². The Labute approximate surface area is 134 Å². The third-order valence-electron chi connectivity index (χ3n) is 4.42. The van der Waals surface area contributed by atoms with E-state index in [1.807, 2.05) is 0 Å². The van der Waals surface area contributed by atoms with E-state index in [0.717, 1.165) is 51.6 Å². The van der Waals surface area contributed by atoms with Gasteiger partial charge < -0.3 is 25.0 Å². The molecule has 3 atom stereocenters. The highest BCUT2D eigenvalue weighted by Gasteiger charge is 2.41. The lowest BCUT2D eigenvalue weighted by Gasteiger charge is -2.22. The van der Waals surface area contributed by atoms with Crippen molar-refractivity contribution in [3.05, 3.63) is 0 Å². The lowest BCUT2D eigenvalue weighted by atomic mass is 9.96. The van der Waals surface area contributed by atoms with Crippen LogP contribution in [0.15, 0.2) is 4.99 Å². The molecule has 128 valence electrons. The molecule has 2 rings (SSSR count). The maximum atomic E-state index is 5.89. The molecule has 0 radical (unpaired) electrons. The summed E-state index contributed by atoms with van der Waals surface area (Å²) in [6.45, 7) is 6.64. The number of ether oxygens (including phenoxy) is 2. The second-order valence-corrected chi connectivity index (χ2v) is 6.27. The van der Waals surface area contributed by atoms with E-state index >= 15 is 0 Å². The second kappa shape index (κ2) is 9.33. The number of methoxy groups -OCH3 is 1. The SMILES string of the molecule is CCNC(=NCCCN(C)CCOC)NC1CC2CCC1O2. The van der Waals surface area contributed by atoms with Crippen molar-refractivity contribution in [1.82, 2.24) is 15.5 Å². The van der Waals surface area contributed by atoms with Crippen molar-refractivity contribution in [3.8, 4) is 0 Å². The maximum absolute atomic E-state index is 5.89. The molecular weight excluding hydrogens is 280 g/mol. The van der Waals surface area contributed by atoms with Gasteiger partial charge in [-0.2, -0.15) is 0 Å². The largest absolute Gasteiger partial charge is 0.383 e. The Morgan fingerprint density at radius 3 is 2.86 bits per heavy atom. The number of fused-ring (bicyclic) bond motifs is 2. The molecule has 2 heterocycles. The van der Waals surface area contributed by atoms with Gasteiger partial charge in [-0.3, -0.25) is 4.99 Å². The summed E-state index contributed by atoms with van der Waals surface area (Å²) in [6, 6.07) is 0.431. The number of nitrogens with one attached hydrogen (secondary N) is 2. The molecule has 0 saturated carbocycles. The van der Waals surface area contributed by atoms with Crippen LogP contribution in [-0.2, 0) is 9.47 Å². The molecule has 2 bridgehead atoms. The number of aliphatic imine (C=N–C) groups is 1. The van der Waals surface area contributed by atoms with E-state index in [-0.39, 0.29) is 0 Å². The van der Waals surface area contributed by atoms with E-state index in [0.29, 0.717) is 18.2 Å². The number of rotatable bonds is 9. The predicted octanol–water partition coefficient (Wildman–Crippen LogP) is 0.830. The first-order chi connectivity index (χ1) is 10.7. The molecule has 6 nitrogen and oxygen atoms in total. The van der Waals surface area contributed by atoms with Crippen LogP contribution in [0.3, 0.4) is 0 Å². The topological polar surface area (TPSA) is 58.1 Å². The van der Waals surface area contributed by atoms with Crippen LogP contribution in [0.5, 0.6) is 0 Å². The van der Waals surface area contributed by atoms with Crippen molar-refractivity contribution in [2.75, 3.05) is 46.9 Å². The summed E-state index contributed by atoms with van der Waals surface area (Å²) in [4.78, 5) is 6.97. The fourth-order valence-corrected chi connectivity index (χ4v) is 3.18. The fourth-order valence-electron chi connectivity index (χ4n) is 3.18. The molecule has 2 aliphatic rings.